The van der Waals surface area contributed by atoms with Crippen molar-refractivity contribution in [3.8, 4) is 11.3 Å². The van der Waals surface area contributed by atoms with Gasteiger partial charge in [-0.25, -0.2) is 23.3 Å². The fourth-order valence-corrected chi connectivity index (χ4v) is 6.13. The molecule has 0 fully saturated rings. The molecule has 3 aromatic carbocycles. The monoisotopic (exact) mass is 727 g/mol. The molecule has 0 spiro atoms. The van der Waals surface area contributed by atoms with Crippen LogP contribution < -0.4 is 16.0 Å². The average molecular weight is 728 g/mol. The Kier molecular flexibility index (Phi) is 8.26. The van der Waals surface area contributed by atoms with E-state index >= 15 is 0 Å². The number of rotatable bonds is 6. The highest BCUT2D eigenvalue weighted by Gasteiger charge is 2.12. The molecule has 0 atom stereocenters. The molecule has 1 amide bonds. The van der Waals surface area contributed by atoms with E-state index in [2.05, 4.69) is 58.7 Å². The lowest BCUT2D eigenvalue weighted by atomic mass is 10.1. The molecule has 7 rings (SSSR count). The molecule has 0 radical (unpaired) electrons. The van der Waals surface area contributed by atoms with Gasteiger partial charge in [0.05, 0.1) is 18.1 Å². The molecule has 43 heavy (non-hydrogen) atoms. The summed E-state index contributed by atoms with van der Waals surface area (Å²) in [5.41, 5.74) is 4.07. The second-order valence-electron chi connectivity index (χ2n) is 8.95. The van der Waals surface area contributed by atoms with E-state index in [1.807, 2.05) is 24.3 Å². The zero-order valence-corrected chi connectivity index (χ0v) is 25.9. The van der Waals surface area contributed by atoms with Crippen LogP contribution in [0, 0.1) is 15.3 Å². The first kappa shape index (κ1) is 28.6. The summed E-state index contributed by atoms with van der Waals surface area (Å²) in [6.07, 6.45) is 3.52. The second-order valence-corrected chi connectivity index (χ2v) is 12.0. The summed E-state index contributed by atoms with van der Waals surface area (Å²) in [5, 5.41) is 19.3. The van der Waals surface area contributed by atoms with Gasteiger partial charge in [0, 0.05) is 29.5 Å². The van der Waals surface area contributed by atoms with Crippen LogP contribution in [0.15, 0.2) is 85.2 Å². The average Bonchev–Trinajstić information content (AvgIpc) is 3.75. The Morgan fingerprint density at radius 1 is 0.721 bits per heavy atom. The molecule has 0 saturated heterocycles. The number of aromatic nitrogens is 6. The Bertz CT molecular complexity index is 2020. The highest BCUT2D eigenvalue weighted by Crippen LogP contribution is 2.29. The maximum atomic E-state index is 13.0. The van der Waals surface area contributed by atoms with Gasteiger partial charge in [0.1, 0.15) is 15.3 Å². The van der Waals surface area contributed by atoms with Gasteiger partial charge in [0.2, 0.25) is 26.1 Å². The topological polar surface area (TPSA) is 114 Å². The van der Waals surface area contributed by atoms with Gasteiger partial charge in [0.15, 0.2) is 0 Å². The van der Waals surface area contributed by atoms with E-state index in [-0.39, 0.29) is 17.5 Å². The number of carbonyl (C=O) groups is 1. The number of imidazole rings is 2. The van der Waals surface area contributed by atoms with Gasteiger partial charge >= 0.3 is 0 Å². The standard InChI is InChI=1S/C18H14FN5OS.C10H6FIN4S/c1-11(25)21-14-6-2-12(3-7-14)16-10-20-18-24(16)23-17(26-18)22-15-8-4-13(19)5-9-15;11-6-1-3-7(4-2-6)14-9-15-16-8(12)5-13-10(16)17-9/h2-10H,1H3,(H,21,25)(H,22,23);1-5H,(H,14,15). The third kappa shape index (κ3) is 6.79. The number of fused-ring (bicyclic) bond motifs is 2. The lowest BCUT2D eigenvalue weighted by Crippen LogP contribution is -2.05. The minimum atomic E-state index is -0.283. The minimum absolute atomic E-state index is 0.111. The summed E-state index contributed by atoms with van der Waals surface area (Å²) in [6.45, 7) is 1.47. The zero-order valence-electron chi connectivity index (χ0n) is 22.1. The molecule has 0 bridgehead atoms. The van der Waals surface area contributed by atoms with Crippen molar-refractivity contribution in [2.24, 2.45) is 0 Å². The quantitative estimate of drug-likeness (QED) is 0.152. The summed E-state index contributed by atoms with van der Waals surface area (Å²) >= 11 is 5.02. The largest absolute Gasteiger partial charge is 0.330 e. The summed E-state index contributed by atoms with van der Waals surface area (Å²) in [5.74, 6) is -0.644. The number of amides is 1. The van der Waals surface area contributed by atoms with Crippen LogP contribution in [-0.2, 0) is 4.79 Å². The smallest absolute Gasteiger partial charge is 0.221 e. The molecule has 3 N–H and O–H groups in total. The Labute approximate surface area is 264 Å². The van der Waals surface area contributed by atoms with Gasteiger partial charge in [0.25, 0.3) is 0 Å². The van der Waals surface area contributed by atoms with E-state index in [1.165, 1.54) is 53.9 Å². The number of nitrogens with zero attached hydrogens (tertiary/aromatic N) is 6. The van der Waals surface area contributed by atoms with E-state index in [0.29, 0.717) is 5.13 Å². The van der Waals surface area contributed by atoms with Crippen molar-refractivity contribution in [3.05, 3.63) is 101 Å². The SMILES string of the molecule is CC(=O)Nc1ccc(-c2cnc3sc(Nc4ccc(F)cc4)nn23)cc1.Fc1ccc(Nc2nn3c(I)cnc3s2)cc1. The number of carbonyl (C=O) groups excluding carboxylic acids is 1. The van der Waals surface area contributed by atoms with Gasteiger partial charge in [-0.05, 0) is 83.3 Å². The third-order valence-electron chi connectivity index (χ3n) is 5.82. The Morgan fingerprint density at radius 2 is 1.21 bits per heavy atom. The number of nitrogens with one attached hydrogen (secondary N) is 3. The zero-order chi connectivity index (χ0) is 29.9. The molecular weight excluding hydrogens is 707 g/mol. The van der Waals surface area contributed by atoms with Crippen molar-refractivity contribution in [2.75, 3.05) is 16.0 Å². The van der Waals surface area contributed by atoms with E-state index in [1.54, 1.807) is 45.7 Å². The highest BCUT2D eigenvalue weighted by atomic mass is 127. The first-order valence-corrected chi connectivity index (χ1v) is 15.3. The molecule has 0 aliphatic carbocycles. The Hall–Kier alpha value is -4.48. The van der Waals surface area contributed by atoms with Crippen LogP contribution >= 0.6 is 45.3 Å². The van der Waals surface area contributed by atoms with Crippen LogP contribution in [0.2, 0.25) is 0 Å². The Balaban J connectivity index is 0.000000167. The normalized spacial score (nSPS) is 10.9. The second kappa shape index (κ2) is 12.4. The van der Waals surface area contributed by atoms with E-state index in [9.17, 15) is 13.6 Å². The molecule has 0 aliphatic heterocycles. The van der Waals surface area contributed by atoms with Gasteiger partial charge in [-0.15, -0.1) is 10.2 Å². The van der Waals surface area contributed by atoms with Crippen LogP contribution in [0.25, 0.3) is 21.2 Å². The molecule has 15 heteroatoms. The summed E-state index contributed by atoms with van der Waals surface area (Å²) in [7, 11) is 0. The van der Waals surface area contributed by atoms with Crippen molar-refractivity contribution in [1.82, 2.24) is 29.2 Å². The number of anilines is 5. The van der Waals surface area contributed by atoms with E-state index in [4.69, 9.17) is 0 Å². The van der Waals surface area contributed by atoms with E-state index in [0.717, 1.165) is 47.1 Å². The van der Waals surface area contributed by atoms with Crippen LogP contribution in [0.3, 0.4) is 0 Å². The fraction of sp³-hybridized carbons (Fsp3) is 0.0357. The molecular formula is C28H20F2IN9OS2. The maximum Gasteiger partial charge on any atom is 0.221 e. The van der Waals surface area contributed by atoms with Crippen LogP contribution in [0.5, 0.6) is 0 Å². The highest BCUT2D eigenvalue weighted by molar-refractivity contribution is 14.1. The fourth-order valence-electron chi connectivity index (χ4n) is 3.90. The van der Waals surface area contributed by atoms with E-state index < -0.39 is 0 Å². The van der Waals surface area contributed by atoms with Gasteiger partial charge in [-0.3, -0.25) is 4.79 Å². The van der Waals surface area contributed by atoms with Gasteiger partial charge < -0.3 is 16.0 Å². The molecule has 10 nitrogen and oxygen atoms in total. The number of hydrogen-bond donors (Lipinski definition) is 3. The maximum absolute atomic E-state index is 13.0. The molecule has 4 aromatic heterocycles. The van der Waals surface area contributed by atoms with Crippen LogP contribution in [-0.4, -0.2) is 35.1 Å². The summed E-state index contributed by atoms with van der Waals surface area (Å²) < 4.78 is 30.2. The van der Waals surface area contributed by atoms with Crippen molar-refractivity contribution in [3.63, 3.8) is 0 Å². The van der Waals surface area contributed by atoms with Gasteiger partial charge in [-0.2, -0.15) is 4.52 Å². The first-order chi connectivity index (χ1) is 20.8. The predicted octanol–water partition coefficient (Wildman–Crippen LogP) is 7.58. The lowest BCUT2D eigenvalue weighted by Gasteiger charge is -2.04. The van der Waals surface area contributed by atoms with Crippen molar-refractivity contribution < 1.29 is 13.6 Å². The number of halogens is 3. The van der Waals surface area contributed by atoms with Crippen LogP contribution in [0.4, 0.5) is 36.1 Å². The molecule has 0 aliphatic rings. The Morgan fingerprint density at radius 3 is 1.74 bits per heavy atom. The van der Waals surface area contributed by atoms with Gasteiger partial charge in [-0.1, -0.05) is 34.8 Å². The molecule has 4 heterocycles. The summed E-state index contributed by atoms with van der Waals surface area (Å²) in [4.78, 5) is 21.3. The predicted molar refractivity (Wildman–Crippen MR) is 174 cm³/mol. The molecule has 0 saturated carbocycles. The molecule has 7 aromatic rings. The molecule has 0 unspecified atom stereocenters. The third-order valence-corrected chi connectivity index (χ3v) is 8.23. The van der Waals surface area contributed by atoms with Crippen molar-refractivity contribution >= 4 is 88.4 Å². The first-order valence-electron chi connectivity index (χ1n) is 12.6. The number of benzene rings is 3. The van der Waals surface area contributed by atoms with Crippen molar-refractivity contribution in [1.29, 1.82) is 0 Å². The number of hydrogen-bond acceptors (Lipinski definition) is 9. The van der Waals surface area contributed by atoms with Crippen LogP contribution in [0.1, 0.15) is 6.92 Å². The molecule has 216 valence electrons. The summed E-state index contributed by atoms with van der Waals surface area (Å²) in [6, 6.07) is 19.7. The van der Waals surface area contributed by atoms with Crippen molar-refractivity contribution in [2.45, 2.75) is 6.92 Å². The lowest BCUT2D eigenvalue weighted by molar-refractivity contribution is -0.114. The minimum Gasteiger partial charge on any atom is -0.330 e.